The lowest BCUT2D eigenvalue weighted by atomic mass is 9.84. The van der Waals surface area contributed by atoms with Crippen LogP contribution in [0.2, 0.25) is 0 Å². The van der Waals surface area contributed by atoms with Crippen LogP contribution in [-0.4, -0.2) is 28.9 Å². The molecule has 0 aromatic heterocycles. The molecule has 1 N–H and O–H groups in total. The first-order valence-electron chi connectivity index (χ1n) is 8.75. The predicted molar refractivity (Wildman–Crippen MR) is 93.6 cm³/mol. The minimum Gasteiger partial charge on any atom is -0.478 e. The Labute approximate surface area is 154 Å². The van der Waals surface area contributed by atoms with Gasteiger partial charge in [-0.25, -0.2) is 4.79 Å². The molecule has 0 bridgehead atoms. The number of hydrazone groups is 1. The summed E-state index contributed by atoms with van der Waals surface area (Å²) >= 11 is 0. The van der Waals surface area contributed by atoms with E-state index in [1.807, 2.05) is 12.1 Å². The maximum Gasteiger partial charge on any atom is 0.424 e. The second-order valence-electron chi connectivity index (χ2n) is 6.78. The summed E-state index contributed by atoms with van der Waals surface area (Å²) in [6.45, 7) is 1.19. The van der Waals surface area contributed by atoms with Gasteiger partial charge in [0, 0.05) is 0 Å². The van der Waals surface area contributed by atoms with Gasteiger partial charge in [-0.15, -0.1) is 0 Å². The number of carboxylic acids is 1. The molecule has 5 nitrogen and oxygen atoms in total. The molecule has 1 heterocycles. The molecule has 1 aliphatic carbocycles. The Morgan fingerprint density at radius 3 is 2.26 bits per heavy atom. The van der Waals surface area contributed by atoms with E-state index in [0.29, 0.717) is 11.6 Å². The summed E-state index contributed by atoms with van der Waals surface area (Å²) in [5.41, 5.74) is -1.66. The van der Waals surface area contributed by atoms with E-state index in [1.54, 1.807) is 12.1 Å². The lowest BCUT2D eigenvalue weighted by Crippen LogP contribution is -2.29. The highest BCUT2D eigenvalue weighted by molar-refractivity contribution is 6.32. The van der Waals surface area contributed by atoms with Gasteiger partial charge < -0.3 is 5.11 Å². The third-order valence-corrected chi connectivity index (χ3v) is 4.98. The van der Waals surface area contributed by atoms with Crippen LogP contribution in [-0.2, 0) is 9.59 Å². The van der Waals surface area contributed by atoms with E-state index >= 15 is 0 Å². The normalized spacial score (nSPS) is 20.7. The average molecular weight is 380 g/mol. The Hall–Kier alpha value is -2.64. The maximum absolute atomic E-state index is 13.1. The summed E-state index contributed by atoms with van der Waals surface area (Å²) in [5, 5.41) is 13.6. The van der Waals surface area contributed by atoms with E-state index in [-0.39, 0.29) is 5.71 Å². The average Bonchev–Trinajstić information content (AvgIpc) is 2.90. The van der Waals surface area contributed by atoms with Crippen LogP contribution in [0, 0.1) is 0 Å². The molecule has 0 radical (unpaired) electrons. The lowest BCUT2D eigenvalue weighted by molar-refractivity contribution is -0.145. The summed E-state index contributed by atoms with van der Waals surface area (Å²) in [4.78, 5) is 23.6. The molecule has 0 spiro atoms. The van der Waals surface area contributed by atoms with Crippen molar-refractivity contribution in [3.05, 3.63) is 41.0 Å². The summed E-state index contributed by atoms with van der Waals surface area (Å²) in [6.07, 6.45) is 0.604. The number of benzene rings is 1. The van der Waals surface area contributed by atoms with Gasteiger partial charge in [-0.05, 0) is 43.4 Å². The highest BCUT2D eigenvalue weighted by Gasteiger charge is 2.46. The molecular weight excluding hydrogens is 361 g/mol. The van der Waals surface area contributed by atoms with Crippen LogP contribution in [0.1, 0.15) is 50.5 Å². The first-order chi connectivity index (χ1) is 12.7. The van der Waals surface area contributed by atoms with Gasteiger partial charge in [0.15, 0.2) is 5.57 Å². The topological polar surface area (TPSA) is 70.0 Å². The number of carboxylic acid groups (broad SMARTS) is 1. The van der Waals surface area contributed by atoms with Crippen molar-refractivity contribution in [1.29, 1.82) is 0 Å². The van der Waals surface area contributed by atoms with Gasteiger partial charge in [-0.3, -0.25) is 4.79 Å². The molecule has 1 amide bonds. The second kappa shape index (κ2) is 7.17. The van der Waals surface area contributed by atoms with Gasteiger partial charge in [0.2, 0.25) is 0 Å². The van der Waals surface area contributed by atoms with Crippen molar-refractivity contribution in [2.24, 2.45) is 5.10 Å². The van der Waals surface area contributed by atoms with E-state index in [0.717, 1.165) is 23.4 Å². The van der Waals surface area contributed by atoms with Crippen molar-refractivity contribution < 1.29 is 27.9 Å². The van der Waals surface area contributed by atoms with Crippen LogP contribution in [0.3, 0.4) is 0 Å². The van der Waals surface area contributed by atoms with Crippen molar-refractivity contribution in [2.75, 3.05) is 5.01 Å². The number of hydrogen-bond acceptors (Lipinski definition) is 3. The van der Waals surface area contributed by atoms with Crippen LogP contribution < -0.4 is 5.01 Å². The summed E-state index contributed by atoms with van der Waals surface area (Å²) in [6, 6.07) is 6.98. The van der Waals surface area contributed by atoms with Gasteiger partial charge in [-0.2, -0.15) is 23.3 Å². The number of alkyl halides is 3. The van der Waals surface area contributed by atoms with Crippen LogP contribution >= 0.6 is 0 Å². The van der Waals surface area contributed by atoms with E-state index in [9.17, 15) is 22.8 Å². The lowest BCUT2D eigenvalue weighted by Gasteiger charge is -2.22. The van der Waals surface area contributed by atoms with Gasteiger partial charge in [-0.1, -0.05) is 31.4 Å². The van der Waals surface area contributed by atoms with Crippen molar-refractivity contribution in [3.8, 4) is 0 Å². The molecule has 1 aromatic rings. The Balaban J connectivity index is 1.91. The first-order valence-corrected chi connectivity index (χ1v) is 8.75. The van der Waals surface area contributed by atoms with Crippen LogP contribution in [0.15, 0.2) is 40.5 Å². The van der Waals surface area contributed by atoms with Gasteiger partial charge in [0.25, 0.3) is 5.91 Å². The van der Waals surface area contributed by atoms with E-state index in [1.165, 1.54) is 26.2 Å². The number of anilines is 1. The molecule has 1 saturated carbocycles. The van der Waals surface area contributed by atoms with E-state index < -0.39 is 29.2 Å². The zero-order chi connectivity index (χ0) is 19.8. The Morgan fingerprint density at radius 1 is 1.15 bits per heavy atom. The quantitative estimate of drug-likeness (QED) is 0.790. The van der Waals surface area contributed by atoms with Crippen molar-refractivity contribution >= 4 is 23.3 Å². The SMILES string of the molecule is CC1=NN(c2ccc(C3CCCCC3)cc2)C(=O)C1=C(C(=O)O)C(F)(F)F. The number of carbonyl (C=O) groups excluding carboxylic acids is 1. The highest BCUT2D eigenvalue weighted by atomic mass is 19.4. The molecule has 0 saturated heterocycles. The molecule has 1 fully saturated rings. The molecule has 2 aliphatic rings. The molecule has 1 aliphatic heterocycles. The van der Waals surface area contributed by atoms with Crippen LogP contribution in [0.25, 0.3) is 0 Å². The van der Waals surface area contributed by atoms with Crippen molar-refractivity contribution in [3.63, 3.8) is 0 Å². The minimum atomic E-state index is -5.16. The molecule has 3 rings (SSSR count). The van der Waals surface area contributed by atoms with Crippen LogP contribution in [0.4, 0.5) is 18.9 Å². The first kappa shape index (κ1) is 19.1. The smallest absolute Gasteiger partial charge is 0.424 e. The molecular formula is C19H19F3N2O3. The third kappa shape index (κ3) is 3.74. The number of halogens is 3. The molecule has 0 atom stereocenters. The monoisotopic (exact) mass is 380 g/mol. The Kier molecular flexibility index (Phi) is 5.08. The molecule has 1 aromatic carbocycles. The standard InChI is InChI=1S/C19H19F3N2O3/c1-11-15(16(18(26)27)19(20,21)22)17(25)24(23-11)14-9-7-13(8-10-14)12-5-3-2-4-6-12/h7-10,12H,2-6H2,1H3,(H,26,27). The van der Waals surface area contributed by atoms with Gasteiger partial charge >= 0.3 is 12.1 Å². The van der Waals surface area contributed by atoms with Crippen molar-refractivity contribution in [1.82, 2.24) is 0 Å². The predicted octanol–water partition coefficient (Wildman–Crippen LogP) is 4.40. The Bertz CT molecular complexity index is 820. The third-order valence-electron chi connectivity index (χ3n) is 4.98. The molecule has 0 unspecified atom stereocenters. The number of carbonyl (C=O) groups is 2. The summed E-state index contributed by atoms with van der Waals surface area (Å²) in [7, 11) is 0. The van der Waals surface area contributed by atoms with Gasteiger partial charge in [0.1, 0.15) is 0 Å². The summed E-state index contributed by atoms with van der Waals surface area (Å²) in [5.74, 6) is -2.84. The van der Waals surface area contributed by atoms with Gasteiger partial charge in [0.05, 0.1) is 17.0 Å². The largest absolute Gasteiger partial charge is 0.478 e. The maximum atomic E-state index is 13.1. The molecule has 8 heteroatoms. The van der Waals surface area contributed by atoms with Crippen LogP contribution in [0.5, 0.6) is 0 Å². The fraction of sp³-hybridized carbons (Fsp3) is 0.421. The summed E-state index contributed by atoms with van der Waals surface area (Å²) < 4.78 is 39.3. The molecule has 144 valence electrons. The number of rotatable bonds is 3. The van der Waals surface area contributed by atoms with E-state index in [2.05, 4.69) is 5.10 Å². The Morgan fingerprint density at radius 2 is 1.74 bits per heavy atom. The second-order valence-corrected chi connectivity index (χ2v) is 6.78. The highest BCUT2D eigenvalue weighted by Crippen LogP contribution is 2.36. The zero-order valence-electron chi connectivity index (χ0n) is 14.7. The zero-order valence-corrected chi connectivity index (χ0v) is 14.7. The fourth-order valence-electron chi connectivity index (χ4n) is 3.66. The number of hydrogen-bond donors (Lipinski definition) is 1. The number of nitrogens with zero attached hydrogens (tertiary/aromatic N) is 2. The molecule has 27 heavy (non-hydrogen) atoms. The van der Waals surface area contributed by atoms with Crippen molar-refractivity contribution in [2.45, 2.75) is 51.1 Å². The number of amides is 1. The van der Waals surface area contributed by atoms with E-state index in [4.69, 9.17) is 5.11 Å². The number of aliphatic carboxylic acids is 1. The fourth-order valence-corrected chi connectivity index (χ4v) is 3.66. The minimum absolute atomic E-state index is 0.272.